The third-order valence-corrected chi connectivity index (χ3v) is 17.0. The minimum Gasteiger partial charge on any atom is -0.481 e. The summed E-state index contributed by atoms with van der Waals surface area (Å²) in [5.41, 5.74) is -1.38. The lowest BCUT2D eigenvalue weighted by molar-refractivity contribution is -0.377. The summed E-state index contributed by atoms with van der Waals surface area (Å²) in [6.45, 7) is 11.9. The molecule has 0 amide bonds. The first-order chi connectivity index (χ1) is 25.6. The van der Waals surface area contributed by atoms with Crippen LogP contribution in [-0.2, 0) is 23.7 Å². The van der Waals surface area contributed by atoms with Crippen LogP contribution in [0.1, 0.15) is 99.3 Å². The number of hydrogen-bond acceptors (Lipinski definition) is 13. The van der Waals surface area contributed by atoms with Crippen molar-refractivity contribution in [1.29, 1.82) is 0 Å². The Balaban J connectivity index is 1.19. The van der Waals surface area contributed by atoms with Gasteiger partial charge in [0.15, 0.2) is 12.6 Å². The maximum atomic E-state index is 13.1. The van der Waals surface area contributed by atoms with E-state index in [4.69, 9.17) is 18.9 Å². The number of aliphatic hydroxyl groups is 8. The van der Waals surface area contributed by atoms with Crippen LogP contribution in [-0.4, -0.2) is 139 Å². The Kier molecular flexibility index (Phi) is 10.8. The van der Waals surface area contributed by atoms with Gasteiger partial charge in [-0.1, -0.05) is 53.2 Å². The molecule has 9 N–H and O–H groups in total. The van der Waals surface area contributed by atoms with E-state index >= 15 is 0 Å². The van der Waals surface area contributed by atoms with Gasteiger partial charge in [-0.3, -0.25) is 4.79 Å². The third kappa shape index (κ3) is 6.13. The smallest absolute Gasteiger partial charge is 0.310 e. The van der Waals surface area contributed by atoms with Crippen molar-refractivity contribution in [2.75, 3.05) is 19.8 Å². The third-order valence-electron chi connectivity index (χ3n) is 17.0. The fourth-order valence-corrected chi connectivity index (χ4v) is 13.5. The van der Waals surface area contributed by atoms with Gasteiger partial charge >= 0.3 is 5.97 Å². The molecule has 0 spiro atoms. The Morgan fingerprint density at radius 1 is 0.800 bits per heavy atom. The van der Waals surface area contributed by atoms with E-state index in [0.717, 1.165) is 32.1 Å². The monoisotopic (exact) mass is 782 g/mol. The van der Waals surface area contributed by atoms with E-state index in [2.05, 4.69) is 40.7 Å². The number of carboxylic acids is 1. The van der Waals surface area contributed by atoms with Gasteiger partial charge in [-0.25, -0.2) is 0 Å². The standard InChI is InChI=1S/C41H66O14/c1-36(2)11-13-41(35(50)51)14-12-39(5)20(21(41)15-36)7-8-26-37(3)16-22(44)32(38(4,19-43)25(37)9-10-40(26,39)6)55-34-31(29(48)28(47)24(17-42)53-34)54-33-30(49)27(46)23(45)18-52-33/h7,21-34,42-49H,8-19H2,1-6H3,(H,50,51)/t21-,22-,23-,24+,25+,26+,27-,28+,29-,30+,31+,32-,33-,34-,37-,38-,39+,40+,41-/m0/s1. The average Bonchev–Trinajstić information content (AvgIpc) is 3.12. The molecule has 55 heavy (non-hydrogen) atoms. The van der Waals surface area contributed by atoms with Gasteiger partial charge < -0.3 is 64.9 Å². The van der Waals surface area contributed by atoms with Gasteiger partial charge in [0.25, 0.3) is 0 Å². The highest BCUT2D eigenvalue weighted by molar-refractivity contribution is 5.76. The zero-order valence-corrected chi connectivity index (χ0v) is 33.2. The van der Waals surface area contributed by atoms with Crippen molar-refractivity contribution in [2.24, 2.45) is 50.2 Å². The Hall–Kier alpha value is -1.27. The van der Waals surface area contributed by atoms with E-state index in [9.17, 15) is 50.8 Å². The number of hydrogen-bond donors (Lipinski definition) is 9. The first-order valence-electron chi connectivity index (χ1n) is 20.5. The highest BCUT2D eigenvalue weighted by Crippen LogP contribution is 2.76. The number of rotatable bonds is 7. The second-order valence-corrected chi connectivity index (χ2v) is 20.2. The fraction of sp³-hybridized carbons (Fsp3) is 0.927. The number of allylic oxidation sites excluding steroid dienone is 2. The minimum atomic E-state index is -1.72. The molecule has 0 aromatic heterocycles. The van der Waals surface area contributed by atoms with Crippen molar-refractivity contribution in [3.8, 4) is 0 Å². The second-order valence-electron chi connectivity index (χ2n) is 20.2. The number of carbonyl (C=O) groups is 1. The van der Waals surface area contributed by atoms with E-state index in [1.165, 1.54) is 5.57 Å². The van der Waals surface area contributed by atoms with Crippen LogP contribution in [0.3, 0.4) is 0 Å². The molecule has 14 heteroatoms. The van der Waals surface area contributed by atoms with Crippen LogP contribution in [0.2, 0.25) is 0 Å². The lowest BCUT2D eigenvalue weighted by atomic mass is 9.33. The predicted octanol–water partition coefficient (Wildman–Crippen LogP) is 1.46. The number of aliphatic carboxylic acids is 1. The van der Waals surface area contributed by atoms with Gasteiger partial charge in [0, 0.05) is 5.41 Å². The molecule has 14 nitrogen and oxygen atoms in total. The average molecular weight is 783 g/mol. The molecular formula is C41H66O14. The predicted molar refractivity (Wildman–Crippen MR) is 195 cm³/mol. The van der Waals surface area contributed by atoms with Crippen LogP contribution in [0.25, 0.3) is 0 Å². The second kappa shape index (κ2) is 14.2. The quantitative estimate of drug-likeness (QED) is 0.132. The van der Waals surface area contributed by atoms with E-state index < -0.39 is 96.3 Å². The van der Waals surface area contributed by atoms with Gasteiger partial charge in [0.05, 0.1) is 37.4 Å². The molecule has 0 aromatic rings. The molecule has 0 aromatic carbocycles. The lowest BCUT2D eigenvalue weighted by Crippen LogP contribution is -2.70. The van der Waals surface area contributed by atoms with E-state index in [0.29, 0.717) is 25.7 Å². The van der Waals surface area contributed by atoms with Crippen molar-refractivity contribution in [2.45, 2.75) is 167 Å². The molecular weight excluding hydrogens is 716 g/mol. The molecule has 2 aliphatic heterocycles. The molecule has 314 valence electrons. The van der Waals surface area contributed by atoms with E-state index in [1.54, 1.807) is 0 Å². The first-order valence-corrected chi connectivity index (χ1v) is 20.5. The fourth-order valence-electron chi connectivity index (χ4n) is 13.5. The maximum Gasteiger partial charge on any atom is 0.310 e. The zero-order valence-electron chi connectivity index (χ0n) is 33.2. The Labute approximate surface area is 323 Å². The Morgan fingerprint density at radius 2 is 1.49 bits per heavy atom. The molecule has 0 unspecified atom stereocenters. The van der Waals surface area contributed by atoms with Gasteiger partial charge in [0.2, 0.25) is 0 Å². The number of fused-ring (bicyclic) bond motifs is 7. The zero-order chi connectivity index (χ0) is 40.3. The maximum absolute atomic E-state index is 13.1. The summed E-state index contributed by atoms with van der Waals surface area (Å²) in [5.74, 6) is -0.756. The van der Waals surface area contributed by atoms with Crippen LogP contribution in [0.4, 0.5) is 0 Å². The van der Waals surface area contributed by atoms with Crippen molar-refractivity contribution < 1.29 is 69.7 Å². The summed E-state index contributed by atoms with van der Waals surface area (Å²) in [6, 6.07) is 0. The van der Waals surface area contributed by atoms with Crippen molar-refractivity contribution in [3.63, 3.8) is 0 Å². The topological polar surface area (TPSA) is 236 Å². The van der Waals surface area contributed by atoms with Crippen molar-refractivity contribution in [3.05, 3.63) is 11.6 Å². The molecule has 7 aliphatic rings. The van der Waals surface area contributed by atoms with Crippen molar-refractivity contribution in [1.82, 2.24) is 0 Å². The largest absolute Gasteiger partial charge is 0.481 e. The summed E-state index contributed by atoms with van der Waals surface area (Å²) in [7, 11) is 0. The Morgan fingerprint density at radius 3 is 2.15 bits per heavy atom. The Bertz CT molecular complexity index is 1490. The number of carboxylic acid groups (broad SMARTS) is 1. The van der Waals surface area contributed by atoms with Gasteiger partial charge in [0.1, 0.15) is 42.7 Å². The van der Waals surface area contributed by atoms with Crippen LogP contribution < -0.4 is 0 Å². The van der Waals surface area contributed by atoms with Gasteiger partial charge in [-0.2, -0.15) is 0 Å². The molecule has 0 bridgehead atoms. The van der Waals surface area contributed by atoms with Crippen LogP contribution >= 0.6 is 0 Å². The van der Waals surface area contributed by atoms with Crippen molar-refractivity contribution >= 4 is 5.97 Å². The van der Waals surface area contributed by atoms with Crippen LogP contribution in [0, 0.1) is 50.2 Å². The van der Waals surface area contributed by atoms with Crippen LogP contribution in [0.5, 0.6) is 0 Å². The summed E-state index contributed by atoms with van der Waals surface area (Å²) in [4.78, 5) is 13.1. The molecule has 2 saturated heterocycles. The number of aliphatic hydroxyl groups excluding tert-OH is 8. The highest BCUT2D eigenvalue weighted by Gasteiger charge is 2.71. The van der Waals surface area contributed by atoms with Crippen LogP contribution in [0.15, 0.2) is 11.6 Å². The molecule has 7 rings (SSSR count). The summed E-state index contributed by atoms with van der Waals surface area (Å²) in [5, 5.41) is 97.1. The molecule has 0 radical (unpaired) electrons. The molecule has 5 aliphatic carbocycles. The minimum absolute atomic E-state index is 0.0380. The van der Waals surface area contributed by atoms with Gasteiger partial charge in [-0.05, 0) is 97.2 Å². The summed E-state index contributed by atoms with van der Waals surface area (Å²) in [6.07, 6.45) is -7.34. The van der Waals surface area contributed by atoms with E-state index in [-0.39, 0.29) is 47.2 Å². The lowest BCUT2D eigenvalue weighted by Gasteiger charge is -2.71. The summed E-state index contributed by atoms with van der Waals surface area (Å²) >= 11 is 0. The summed E-state index contributed by atoms with van der Waals surface area (Å²) < 4.78 is 23.8. The normalized spacial score (nSPS) is 54.9. The molecule has 19 atom stereocenters. The molecule has 4 saturated carbocycles. The number of ether oxygens (including phenoxy) is 4. The highest BCUT2D eigenvalue weighted by atomic mass is 16.8. The van der Waals surface area contributed by atoms with Gasteiger partial charge in [-0.15, -0.1) is 0 Å². The SMILES string of the molecule is CC1(C)CC[C@]2(C(=O)O)CC[C@]3(C)C(=CC[C@@H]4[C@@]5(C)C[C@H](O)[C@H](O[C@@H]6O[C@H](CO)[C@@H](O)[C@H](O)[C@H]6O[C@@H]6OC[C@H](O)[C@H](O)[C@H]6O)[C@@](C)(CO)[C@@H]5CC[C@]43C)[C@@H]2C1. The molecule has 2 heterocycles. The molecule has 6 fully saturated rings. The first kappa shape index (κ1) is 41.9. The van der Waals surface area contributed by atoms with E-state index in [1.807, 2.05) is 6.92 Å².